The number of thiazole rings is 1. The zero-order valence-corrected chi connectivity index (χ0v) is 13.4. The molecular weight excluding hydrogens is 284 g/mol. The monoisotopic (exact) mass is 304 g/mol. The van der Waals surface area contributed by atoms with Crippen molar-refractivity contribution >= 4 is 11.3 Å². The summed E-state index contributed by atoms with van der Waals surface area (Å²) in [5.74, 6) is 1.83. The molecule has 0 spiro atoms. The van der Waals surface area contributed by atoms with Gasteiger partial charge in [-0.1, -0.05) is 6.92 Å². The number of ether oxygens (including phenoxy) is 2. The minimum Gasteiger partial charge on any atom is -0.496 e. The van der Waals surface area contributed by atoms with E-state index in [2.05, 4.69) is 36.3 Å². The summed E-state index contributed by atoms with van der Waals surface area (Å²) in [6.45, 7) is 6.00. The molecule has 3 rings (SSSR count). The molecule has 0 bridgehead atoms. The highest BCUT2D eigenvalue weighted by atomic mass is 32.1. The molecule has 2 aromatic rings. The number of benzene rings is 1. The molecule has 0 fully saturated rings. The fourth-order valence-electron chi connectivity index (χ4n) is 2.54. The summed E-state index contributed by atoms with van der Waals surface area (Å²) in [6.07, 6.45) is 3.11. The summed E-state index contributed by atoms with van der Waals surface area (Å²) in [4.78, 5) is 5.76. The summed E-state index contributed by atoms with van der Waals surface area (Å²) in [7, 11) is 1.71. The molecule has 5 heteroatoms. The largest absolute Gasteiger partial charge is 0.496 e. The third kappa shape index (κ3) is 2.89. The van der Waals surface area contributed by atoms with Crippen LogP contribution in [0.25, 0.3) is 10.6 Å². The number of rotatable bonds is 5. The number of methoxy groups -OCH3 is 1. The lowest BCUT2D eigenvalue weighted by atomic mass is 10.1. The molecule has 2 heterocycles. The Hall–Kier alpha value is -1.59. The minimum absolute atomic E-state index is 0.237. The molecule has 1 unspecified atom stereocenters. The third-order valence-corrected chi connectivity index (χ3v) is 4.58. The van der Waals surface area contributed by atoms with Crippen LogP contribution < -0.4 is 14.8 Å². The molecule has 1 atom stereocenters. The molecule has 0 radical (unpaired) electrons. The lowest BCUT2D eigenvalue weighted by molar-refractivity contribution is 0.254. The van der Waals surface area contributed by atoms with Gasteiger partial charge in [-0.2, -0.15) is 0 Å². The van der Waals surface area contributed by atoms with Crippen molar-refractivity contribution in [1.82, 2.24) is 10.3 Å². The number of fused-ring (bicyclic) bond motifs is 1. The Kier molecular flexibility index (Phi) is 4.12. The predicted molar refractivity (Wildman–Crippen MR) is 85.3 cm³/mol. The Morgan fingerprint density at radius 2 is 2.33 bits per heavy atom. The molecule has 0 amide bonds. The summed E-state index contributed by atoms with van der Waals surface area (Å²) in [5.41, 5.74) is 2.23. The Morgan fingerprint density at radius 1 is 1.48 bits per heavy atom. The molecule has 1 aliphatic rings. The SMILES string of the molecule is CCNCc1cnc(-c2cc3c(cc2OC)CC(C)O3)s1. The van der Waals surface area contributed by atoms with E-state index in [1.165, 1.54) is 10.4 Å². The number of hydrogen-bond donors (Lipinski definition) is 1. The average Bonchev–Trinajstić information content (AvgIpc) is 3.08. The lowest BCUT2D eigenvalue weighted by Crippen LogP contribution is -2.10. The Bertz CT molecular complexity index is 639. The van der Waals surface area contributed by atoms with Crippen LogP contribution in [0.15, 0.2) is 18.3 Å². The first-order valence-corrected chi connectivity index (χ1v) is 8.06. The molecule has 0 saturated heterocycles. The van der Waals surface area contributed by atoms with Crippen LogP contribution in [0.5, 0.6) is 11.5 Å². The Labute approximate surface area is 129 Å². The molecule has 0 aliphatic carbocycles. The maximum atomic E-state index is 5.85. The second kappa shape index (κ2) is 6.03. The number of hydrogen-bond acceptors (Lipinski definition) is 5. The van der Waals surface area contributed by atoms with E-state index < -0.39 is 0 Å². The van der Waals surface area contributed by atoms with Crippen LogP contribution in [0, 0.1) is 0 Å². The van der Waals surface area contributed by atoms with Gasteiger partial charge in [-0.15, -0.1) is 11.3 Å². The van der Waals surface area contributed by atoms with Gasteiger partial charge >= 0.3 is 0 Å². The molecule has 112 valence electrons. The first kappa shape index (κ1) is 14.4. The molecular formula is C16H20N2O2S. The Morgan fingerprint density at radius 3 is 3.10 bits per heavy atom. The van der Waals surface area contributed by atoms with Crippen molar-refractivity contribution in [2.24, 2.45) is 0 Å². The number of nitrogens with one attached hydrogen (secondary N) is 1. The topological polar surface area (TPSA) is 43.4 Å². The summed E-state index contributed by atoms with van der Waals surface area (Å²) >= 11 is 1.69. The van der Waals surface area contributed by atoms with Gasteiger partial charge in [0.15, 0.2) is 0 Å². The first-order chi connectivity index (χ1) is 10.2. The minimum atomic E-state index is 0.237. The normalized spacial score (nSPS) is 16.6. The van der Waals surface area contributed by atoms with Gasteiger partial charge in [-0.05, 0) is 25.6 Å². The third-order valence-electron chi connectivity index (χ3n) is 3.55. The van der Waals surface area contributed by atoms with Gasteiger partial charge in [-0.25, -0.2) is 4.98 Å². The van der Waals surface area contributed by atoms with E-state index in [-0.39, 0.29) is 6.10 Å². The van der Waals surface area contributed by atoms with E-state index in [1.54, 1.807) is 18.4 Å². The summed E-state index contributed by atoms with van der Waals surface area (Å²) < 4.78 is 11.4. The molecule has 1 N–H and O–H groups in total. The van der Waals surface area contributed by atoms with E-state index >= 15 is 0 Å². The number of aromatic nitrogens is 1. The number of nitrogens with zero attached hydrogens (tertiary/aromatic N) is 1. The second-order valence-corrected chi connectivity index (χ2v) is 6.32. The lowest BCUT2D eigenvalue weighted by Gasteiger charge is -2.09. The molecule has 21 heavy (non-hydrogen) atoms. The van der Waals surface area contributed by atoms with E-state index in [1.807, 2.05) is 6.20 Å². The molecule has 1 aromatic carbocycles. The fraction of sp³-hybridized carbons (Fsp3) is 0.438. The van der Waals surface area contributed by atoms with E-state index in [9.17, 15) is 0 Å². The van der Waals surface area contributed by atoms with Crippen molar-refractivity contribution in [2.75, 3.05) is 13.7 Å². The van der Waals surface area contributed by atoms with Crippen LogP contribution in [0.4, 0.5) is 0 Å². The molecule has 1 aromatic heterocycles. The smallest absolute Gasteiger partial charge is 0.129 e. The highest BCUT2D eigenvalue weighted by molar-refractivity contribution is 7.15. The van der Waals surface area contributed by atoms with Crippen molar-refractivity contribution in [3.05, 3.63) is 28.8 Å². The van der Waals surface area contributed by atoms with Crippen molar-refractivity contribution in [2.45, 2.75) is 32.9 Å². The van der Waals surface area contributed by atoms with Crippen LogP contribution in [0.2, 0.25) is 0 Å². The second-order valence-electron chi connectivity index (χ2n) is 5.20. The van der Waals surface area contributed by atoms with Gasteiger partial charge in [0.25, 0.3) is 0 Å². The van der Waals surface area contributed by atoms with Gasteiger partial charge < -0.3 is 14.8 Å². The van der Waals surface area contributed by atoms with Crippen LogP contribution in [0.1, 0.15) is 24.3 Å². The van der Waals surface area contributed by atoms with E-state index in [4.69, 9.17) is 9.47 Å². The van der Waals surface area contributed by atoms with Crippen LogP contribution in [-0.4, -0.2) is 24.7 Å². The highest BCUT2D eigenvalue weighted by Crippen LogP contribution is 2.41. The van der Waals surface area contributed by atoms with Gasteiger partial charge in [0.05, 0.1) is 12.7 Å². The van der Waals surface area contributed by atoms with Crippen molar-refractivity contribution in [3.8, 4) is 22.1 Å². The standard InChI is InChI=1S/C16H20N2O2S/c1-4-17-8-12-9-18-16(21-12)13-7-14-11(5-10(2)20-14)6-15(13)19-3/h6-7,9-10,17H,4-5,8H2,1-3H3. The van der Waals surface area contributed by atoms with Gasteiger partial charge in [0.2, 0.25) is 0 Å². The summed E-state index contributed by atoms with van der Waals surface area (Å²) in [6, 6.07) is 4.15. The Balaban J connectivity index is 1.94. The van der Waals surface area contributed by atoms with Crippen LogP contribution in [0.3, 0.4) is 0 Å². The average molecular weight is 304 g/mol. The van der Waals surface area contributed by atoms with Crippen LogP contribution >= 0.6 is 11.3 Å². The quantitative estimate of drug-likeness (QED) is 0.921. The molecule has 0 saturated carbocycles. The fourth-order valence-corrected chi connectivity index (χ4v) is 3.44. The van der Waals surface area contributed by atoms with E-state index in [0.29, 0.717) is 0 Å². The molecule has 4 nitrogen and oxygen atoms in total. The van der Waals surface area contributed by atoms with Crippen molar-refractivity contribution < 1.29 is 9.47 Å². The van der Waals surface area contributed by atoms with E-state index in [0.717, 1.165) is 41.6 Å². The van der Waals surface area contributed by atoms with Crippen molar-refractivity contribution in [3.63, 3.8) is 0 Å². The zero-order valence-electron chi connectivity index (χ0n) is 12.6. The maximum Gasteiger partial charge on any atom is 0.129 e. The van der Waals surface area contributed by atoms with Gasteiger partial charge in [-0.3, -0.25) is 0 Å². The van der Waals surface area contributed by atoms with Gasteiger partial charge in [0.1, 0.15) is 22.6 Å². The van der Waals surface area contributed by atoms with Crippen LogP contribution in [-0.2, 0) is 13.0 Å². The summed E-state index contributed by atoms with van der Waals surface area (Å²) in [5, 5.41) is 4.30. The highest BCUT2D eigenvalue weighted by Gasteiger charge is 2.23. The molecule has 1 aliphatic heterocycles. The predicted octanol–water partition coefficient (Wildman–Crippen LogP) is 3.25. The first-order valence-electron chi connectivity index (χ1n) is 7.24. The maximum absolute atomic E-state index is 5.85. The van der Waals surface area contributed by atoms with Crippen molar-refractivity contribution in [1.29, 1.82) is 0 Å². The zero-order chi connectivity index (χ0) is 14.8. The van der Waals surface area contributed by atoms with Gasteiger partial charge in [0, 0.05) is 29.6 Å².